The van der Waals surface area contributed by atoms with Gasteiger partial charge in [-0.3, -0.25) is 4.79 Å². The highest BCUT2D eigenvalue weighted by Crippen LogP contribution is 2.45. The van der Waals surface area contributed by atoms with Crippen LogP contribution in [0.3, 0.4) is 0 Å². The van der Waals surface area contributed by atoms with E-state index in [9.17, 15) is 9.90 Å². The van der Waals surface area contributed by atoms with E-state index in [0.29, 0.717) is 19.7 Å². The fourth-order valence-corrected chi connectivity index (χ4v) is 3.04. The Morgan fingerprint density at radius 3 is 2.67 bits per heavy atom. The minimum atomic E-state index is -0.394. The standard InChI is InChI=1S/C17H25NO3/c1-14-5-3-6-15(13-14)17(7-4-8-17)16(20)18(9-11-19)10-12-21-2/h3,5-6,13,19H,4,7-12H2,1-2H3. The summed E-state index contributed by atoms with van der Waals surface area (Å²) in [4.78, 5) is 14.8. The van der Waals surface area contributed by atoms with Gasteiger partial charge in [0.25, 0.3) is 0 Å². The van der Waals surface area contributed by atoms with Crippen LogP contribution < -0.4 is 0 Å². The molecular weight excluding hydrogens is 266 g/mol. The summed E-state index contributed by atoms with van der Waals surface area (Å²) >= 11 is 0. The molecule has 0 bridgehead atoms. The van der Waals surface area contributed by atoms with Crippen molar-refractivity contribution in [1.29, 1.82) is 0 Å². The maximum absolute atomic E-state index is 13.0. The van der Waals surface area contributed by atoms with Gasteiger partial charge in [0.05, 0.1) is 18.6 Å². The molecule has 1 amide bonds. The Kier molecular flexibility index (Phi) is 5.37. The summed E-state index contributed by atoms with van der Waals surface area (Å²) in [6, 6.07) is 8.24. The van der Waals surface area contributed by atoms with Gasteiger partial charge in [-0.2, -0.15) is 0 Å². The Hall–Kier alpha value is -1.39. The number of nitrogens with zero attached hydrogens (tertiary/aromatic N) is 1. The minimum Gasteiger partial charge on any atom is -0.395 e. The predicted octanol–water partition coefficient (Wildman–Crippen LogP) is 1.88. The van der Waals surface area contributed by atoms with E-state index in [0.717, 1.165) is 24.8 Å². The molecule has 1 N–H and O–H groups in total. The first-order chi connectivity index (χ1) is 10.1. The van der Waals surface area contributed by atoms with Crippen LogP contribution in [0, 0.1) is 6.92 Å². The van der Waals surface area contributed by atoms with Gasteiger partial charge in [0, 0.05) is 20.2 Å². The molecule has 0 unspecified atom stereocenters. The van der Waals surface area contributed by atoms with Crippen molar-refractivity contribution < 1.29 is 14.6 Å². The van der Waals surface area contributed by atoms with Gasteiger partial charge < -0.3 is 14.7 Å². The first-order valence-electron chi connectivity index (χ1n) is 7.60. The molecule has 0 aliphatic heterocycles. The van der Waals surface area contributed by atoms with Gasteiger partial charge in [-0.25, -0.2) is 0 Å². The number of hydrogen-bond acceptors (Lipinski definition) is 3. The molecule has 0 heterocycles. The second-order valence-electron chi connectivity index (χ2n) is 5.81. The maximum Gasteiger partial charge on any atom is 0.233 e. The van der Waals surface area contributed by atoms with E-state index in [1.807, 2.05) is 6.07 Å². The average molecular weight is 291 g/mol. The fraction of sp³-hybridized carbons (Fsp3) is 0.588. The van der Waals surface area contributed by atoms with Crippen LogP contribution in [0.1, 0.15) is 30.4 Å². The van der Waals surface area contributed by atoms with Gasteiger partial charge in [-0.05, 0) is 25.3 Å². The van der Waals surface area contributed by atoms with Crippen LogP contribution in [0.2, 0.25) is 0 Å². The van der Waals surface area contributed by atoms with Crippen LogP contribution >= 0.6 is 0 Å². The van der Waals surface area contributed by atoms with Gasteiger partial charge in [0.2, 0.25) is 5.91 Å². The van der Waals surface area contributed by atoms with Crippen molar-refractivity contribution in [2.45, 2.75) is 31.6 Å². The lowest BCUT2D eigenvalue weighted by Gasteiger charge is -2.44. The third-order valence-electron chi connectivity index (χ3n) is 4.41. The van der Waals surface area contributed by atoms with Crippen molar-refractivity contribution in [3.8, 4) is 0 Å². The van der Waals surface area contributed by atoms with E-state index < -0.39 is 5.41 Å². The van der Waals surface area contributed by atoms with Crippen LogP contribution in [0.4, 0.5) is 0 Å². The molecule has 4 heteroatoms. The third-order valence-corrected chi connectivity index (χ3v) is 4.41. The number of ether oxygens (including phenoxy) is 1. The number of aliphatic hydroxyl groups is 1. The summed E-state index contributed by atoms with van der Waals surface area (Å²) in [5.74, 6) is 0.130. The Labute approximate surface area is 126 Å². The van der Waals surface area contributed by atoms with Crippen LogP contribution in [-0.4, -0.2) is 49.3 Å². The minimum absolute atomic E-state index is 0.0145. The van der Waals surface area contributed by atoms with Crippen LogP contribution in [0.15, 0.2) is 24.3 Å². The molecule has 116 valence electrons. The molecule has 1 saturated carbocycles. The molecule has 1 aliphatic rings. The molecule has 1 aromatic carbocycles. The molecule has 1 aromatic rings. The second kappa shape index (κ2) is 7.05. The molecule has 0 saturated heterocycles. The first-order valence-corrected chi connectivity index (χ1v) is 7.60. The number of aryl methyl sites for hydroxylation is 1. The van der Waals surface area contributed by atoms with E-state index in [1.165, 1.54) is 5.56 Å². The van der Waals surface area contributed by atoms with E-state index >= 15 is 0 Å². The number of methoxy groups -OCH3 is 1. The number of rotatable bonds is 7. The van der Waals surface area contributed by atoms with Crippen molar-refractivity contribution in [3.63, 3.8) is 0 Å². The summed E-state index contributed by atoms with van der Waals surface area (Å²) in [6.07, 6.45) is 2.87. The van der Waals surface area contributed by atoms with Gasteiger partial charge in [0.1, 0.15) is 0 Å². The highest BCUT2D eigenvalue weighted by Gasteiger charge is 2.47. The molecular formula is C17H25NO3. The maximum atomic E-state index is 13.0. The number of amides is 1. The highest BCUT2D eigenvalue weighted by molar-refractivity contribution is 5.89. The Morgan fingerprint density at radius 1 is 1.38 bits per heavy atom. The SMILES string of the molecule is COCCN(CCO)C(=O)C1(c2cccc(C)c2)CCC1. The van der Waals surface area contributed by atoms with E-state index in [2.05, 4.69) is 25.1 Å². The van der Waals surface area contributed by atoms with Crippen LogP contribution in [-0.2, 0) is 14.9 Å². The van der Waals surface area contributed by atoms with Gasteiger partial charge >= 0.3 is 0 Å². The molecule has 0 radical (unpaired) electrons. The molecule has 0 atom stereocenters. The average Bonchev–Trinajstić information content (AvgIpc) is 2.42. The Morgan fingerprint density at radius 2 is 2.14 bits per heavy atom. The van der Waals surface area contributed by atoms with E-state index in [-0.39, 0.29) is 12.5 Å². The number of benzene rings is 1. The van der Waals surface area contributed by atoms with Crippen molar-refractivity contribution >= 4 is 5.91 Å². The normalized spacial score (nSPS) is 16.3. The largest absolute Gasteiger partial charge is 0.395 e. The highest BCUT2D eigenvalue weighted by atomic mass is 16.5. The number of carbonyl (C=O) groups excluding carboxylic acids is 1. The Balaban J connectivity index is 2.23. The van der Waals surface area contributed by atoms with Crippen molar-refractivity contribution in [3.05, 3.63) is 35.4 Å². The summed E-state index contributed by atoms with van der Waals surface area (Å²) in [5, 5.41) is 9.22. The second-order valence-corrected chi connectivity index (χ2v) is 5.81. The number of hydrogen-bond donors (Lipinski definition) is 1. The zero-order valence-electron chi connectivity index (χ0n) is 13.0. The zero-order valence-corrected chi connectivity index (χ0v) is 13.0. The third kappa shape index (κ3) is 3.27. The van der Waals surface area contributed by atoms with Gasteiger partial charge in [0.15, 0.2) is 0 Å². The topological polar surface area (TPSA) is 49.8 Å². The van der Waals surface area contributed by atoms with E-state index in [1.54, 1.807) is 12.0 Å². The van der Waals surface area contributed by atoms with Gasteiger partial charge in [-0.15, -0.1) is 0 Å². The van der Waals surface area contributed by atoms with Crippen molar-refractivity contribution in [2.24, 2.45) is 0 Å². The lowest BCUT2D eigenvalue weighted by Crippen LogP contribution is -2.52. The van der Waals surface area contributed by atoms with E-state index in [4.69, 9.17) is 4.74 Å². The molecule has 4 nitrogen and oxygen atoms in total. The molecule has 2 rings (SSSR count). The summed E-state index contributed by atoms with van der Waals surface area (Å²) < 4.78 is 5.08. The molecule has 1 fully saturated rings. The number of carbonyl (C=O) groups is 1. The monoisotopic (exact) mass is 291 g/mol. The number of aliphatic hydroxyl groups excluding tert-OH is 1. The fourth-order valence-electron chi connectivity index (χ4n) is 3.04. The molecule has 1 aliphatic carbocycles. The van der Waals surface area contributed by atoms with Crippen LogP contribution in [0.5, 0.6) is 0 Å². The van der Waals surface area contributed by atoms with Gasteiger partial charge in [-0.1, -0.05) is 36.2 Å². The quantitative estimate of drug-likeness (QED) is 0.834. The zero-order chi connectivity index (χ0) is 15.3. The first kappa shape index (κ1) is 16.0. The predicted molar refractivity (Wildman–Crippen MR) is 82.2 cm³/mol. The Bertz CT molecular complexity index is 483. The van der Waals surface area contributed by atoms with Crippen LogP contribution in [0.25, 0.3) is 0 Å². The lowest BCUT2D eigenvalue weighted by atomic mass is 9.63. The lowest BCUT2D eigenvalue weighted by molar-refractivity contribution is -0.142. The summed E-state index contributed by atoms with van der Waals surface area (Å²) in [6.45, 7) is 3.44. The smallest absolute Gasteiger partial charge is 0.233 e. The summed E-state index contributed by atoms with van der Waals surface area (Å²) in [7, 11) is 1.63. The summed E-state index contributed by atoms with van der Waals surface area (Å²) in [5.41, 5.74) is 1.89. The van der Waals surface area contributed by atoms with Crippen molar-refractivity contribution in [2.75, 3.05) is 33.4 Å². The molecule has 21 heavy (non-hydrogen) atoms. The molecule has 0 spiro atoms. The molecule has 0 aromatic heterocycles. The van der Waals surface area contributed by atoms with Crippen molar-refractivity contribution in [1.82, 2.24) is 4.90 Å².